The van der Waals surface area contributed by atoms with E-state index < -0.39 is 11.1 Å². The van der Waals surface area contributed by atoms with E-state index in [0.717, 1.165) is 5.56 Å². The Labute approximate surface area is 94.0 Å². The summed E-state index contributed by atoms with van der Waals surface area (Å²) in [5.74, 6) is 0.388. The molecule has 0 aliphatic rings. The predicted octanol–water partition coefficient (Wildman–Crippen LogP) is 3.48. The van der Waals surface area contributed by atoms with Crippen molar-refractivity contribution in [3.05, 3.63) is 35.4 Å². The fourth-order valence-corrected chi connectivity index (χ4v) is 2.52. The van der Waals surface area contributed by atoms with E-state index in [0.29, 0.717) is 12.3 Å². The molecule has 2 unspecified atom stereocenters. The Bertz CT molecular complexity index is 347. The van der Waals surface area contributed by atoms with Crippen LogP contribution in [0.2, 0.25) is 0 Å². The van der Waals surface area contributed by atoms with Gasteiger partial charge in [0, 0.05) is 0 Å². The fraction of sp³-hybridized carbons (Fsp3) is 0.500. The standard InChI is InChI=1S/C12H18O2S/c1-4-12(15(13)14)11-8-6-5-7-10(11)9(2)3/h5-9,12H,4H2,1-3H3,(H,13,14). The summed E-state index contributed by atoms with van der Waals surface area (Å²) in [7, 11) is 0. The van der Waals surface area contributed by atoms with Crippen LogP contribution in [0.1, 0.15) is 49.5 Å². The van der Waals surface area contributed by atoms with Gasteiger partial charge < -0.3 is 4.55 Å². The van der Waals surface area contributed by atoms with Crippen LogP contribution >= 0.6 is 0 Å². The number of hydrogen-bond acceptors (Lipinski definition) is 1. The molecule has 0 fully saturated rings. The molecule has 1 aromatic rings. The average molecular weight is 226 g/mol. The highest BCUT2D eigenvalue weighted by atomic mass is 32.2. The molecular weight excluding hydrogens is 208 g/mol. The van der Waals surface area contributed by atoms with Gasteiger partial charge in [-0.05, 0) is 23.5 Å². The average Bonchev–Trinajstić information content (AvgIpc) is 2.18. The first kappa shape index (κ1) is 12.4. The van der Waals surface area contributed by atoms with Crippen LogP contribution in [0.3, 0.4) is 0 Å². The molecule has 0 saturated carbocycles. The Morgan fingerprint density at radius 2 is 1.80 bits per heavy atom. The van der Waals surface area contributed by atoms with Crippen LogP contribution < -0.4 is 0 Å². The maximum absolute atomic E-state index is 11.2. The first-order chi connectivity index (χ1) is 7.07. The minimum absolute atomic E-state index is 0.261. The van der Waals surface area contributed by atoms with E-state index in [1.807, 2.05) is 31.2 Å². The highest BCUT2D eigenvalue weighted by Gasteiger charge is 2.19. The first-order valence-electron chi connectivity index (χ1n) is 5.26. The topological polar surface area (TPSA) is 37.3 Å². The highest BCUT2D eigenvalue weighted by Crippen LogP contribution is 2.29. The van der Waals surface area contributed by atoms with Crippen molar-refractivity contribution in [2.45, 2.75) is 38.4 Å². The molecule has 0 spiro atoms. The SMILES string of the molecule is CCC(c1ccccc1C(C)C)S(=O)O. The van der Waals surface area contributed by atoms with E-state index in [1.54, 1.807) is 0 Å². The van der Waals surface area contributed by atoms with Crippen LogP contribution in [0.5, 0.6) is 0 Å². The molecule has 1 aromatic carbocycles. The Morgan fingerprint density at radius 1 is 1.27 bits per heavy atom. The van der Waals surface area contributed by atoms with Crippen molar-refractivity contribution in [1.82, 2.24) is 0 Å². The van der Waals surface area contributed by atoms with Crippen molar-refractivity contribution in [3.63, 3.8) is 0 Å². The van der Waals surface area contributed by atoms with Crippen LogP contribution in [0.15, 0.2) is 24.3 Å². The summed E-state index contributed by atoms with van der Waals surface area (Å²) in [6.45, 7) is 6.15. The molecule has 0 heterocycles. The quantitative estimate of drug-likeness (QED) is 0.798. The molecule has 0 aliphatic heterocycles. The Morgan fingerprint density at radius 3 is 2.20 bits per heavy atom. The summed E-state index contributed by atoms with van der Waals surface area (Å²) in [4.78, 5) is 0. The van der Waals surface area contributed by atoms with E-state index in [1.165, 1.54) is 5.56 Å². The molecule has 2 nitrogen and oxygen atoms in total. The van der Waals surface area contributed by atoms with E-state index in [2.05, 4.69) is 13.8 Å². The van der Waals surface area contributed by atoms with Gasteiger partial charge in [-0.2, -0.15) is 0 Å². The summed E-state index contributed by atoms with van der Waals surface area (Å²) in [5.41, 5.74) is 2.18. The van der Waals surface area contributed by atoms with Gasteiger partial charge in [0.15, 0.2) is 11.1 Å². The van der Waals surface area contributed by atoms with Gasteiger partial charge in [0.05, 0.1) is 5.25 Å². The number of hydrogen-bond donors (Lipinski definition) is 1. The van der Waals surface area contributed by atoms with E-state index in [4.69, 9.17) is 0 Å². The lowest BCUT2D eigenvalue weighted by Crippen LogP contribution is -2.08. The number of benzene rings is 1. The van der Waals surface area contributed by atoms with Crippen molar-refractivity contribution in [2.75, 3.05) is 0 Å². The van der Waals surface area contributed by atoms with Crippen molar-refractivity contribution in [1.29, 1.82) is 0 Å². The minimum atomic E-state index is -1.78. The van der Waals surface area contributed by atoms with E-state index in [9.17, 15) is 8.76 Å². The minimum Gasteiger partial charge on any atom is -0.306 e. The maximum atomic E-state index is 11.2. The molecule has 0 radical (unpaired) electrons. The zero-order valence-electron chi connectivity index (χ0n) is 9.43. The van der Waals surface area contributed by atoms with Gasteiger partial charge in [-0.25, -0.2) is 4.21 Å². The lowest BCUT2D eigenvalue weighted by Gasteiger charge is -2.17. The van der Waals surface area contributed by atoms with Crippen molar-refractivity contribution in [3.8, 4) is 0 Å². The normalized spacial score (nSPS) is 15.3. The first-order valence-corrected chi connectivity index (χ1v) is 6.43. The molecule has 84 valence electrons. The molecule has 2 atom stereocenters. The second kappa shape index (κ2) is 5.42. The molecule has 0 amide bonds. The molecule has 15 heavy (non-hydrogen) atoms. The molecule has 0 aromatic heterocycles. The maximum Gasteiger partial charge on any atom is 0.160 e. The molecule has 0 aliphatic carbocycles. The number of rotatable bonds is 4. The van der Waals surface area contributed by atoms with Crippen LogP contribution in [0, 0.1) is 0 Å². The fourth-order valence-electron chi connectivity index (χ4n) is 1.80. The Hall–Kier alpha value is -0.670. The Kier molecular flexibility index (Phi) is 4.48. The molecular formula is C12H18O2S. The molecule has 0 saturated heterocycles. The van der Waals surface area contributed by atoms with Crippen molar-refractivity contribution < 1.29 is 8.76 Å². The zero-order valence-corrected chi connectivity index (χ0v) is 10.3. The second-order valence-corrected chi connectivity index (χ2v) is 5.08. The van der Waals surface area contributed by atoms with Gasteiger partial charge in [-0.1, -0.05) is 45.0 Å². The van der Waals surface area contributed by atoms with Gasteiger partial charge in [-0.3, -0.25) is 0 Å². The van der Waals surface area contributed by atoms with Gasteiger partial charge in [-0.15, -0.1) is 0 Å². The molecule has 3 heteroatoms. The third-order valence-electron chi connectivity index (χ3n) is 2.58. The van der Waals surface area contributed by atoms with Crippen LogP contribution in [0.25, 0.3) is 0 Å². The summed E-state index contributed by atoms with van der Waals surface area (Å²) in [6.07, 6.45) is 0.687. The smallest absolute Gasteiger partial charge is 0.160 e. The van der Waals surface area contributed by atoms with Crippen LogP contribution in [-0.4, -0.2) is 8.76 Å². The van der Waals surface area contributed by atoms with Crippen LogP contribution in [-0.2, 0) is 11.1 Å². The third kappa shape index (κ3) is 2.89. The summed E-state index contributed by atoms with van der Waals surface area (Å²) in [5, 5.41) is -0.261. The lowest BCUT2D eigenvalue weighted by atomic mass is 9.94. The zero-order chi connectivity index (χ0) is 11.4. The third-order valence-corrected chi connectivity index (χ3v) is 3.65. The summed E-state index contributed by atoms with van der Waals surface area (Å²) >= 11 is -1.78. The molecule has 0 bridgehead atoms. The van der Waals surface area contributed by atoms with E-state index in [-0.39, 0.29) is 5.25 Å². The Balaban J connectivity index is 3.16. The lowest BCUT2D eigenvalue weighted by molar-refractivity contribution is 0.546. The predicted molar refractivity (Wildman–Crippen MR) is 64.3 cm³/mol. The highest BCUT2D eigenvalue weighted by molar-refractivity contribution is 7.79. The monoisotopic (exact) mass is 226 g/mol. The largest absolute Gasteiger partial charge is 0.306 e. The molecule has 1 N–H and O–H groups in total. The summed E-state index contributed by atoms with van der Waals surface area (Å²) in [6, 6.07) is 7.90. The van der Waals surface area contributed by atoms with Gasteiger partial charge >= 0.3 is 0 Å². The summed E-state index contributed by atoms with van der Waals surface area (Å²) < 4.78 is 20.5. The van der Waals surface area contributed by atoms with E-state index >= 15 is 0 Å². The molecule has 1 rings (SSSR count). The van der Waals surface area contributed by atoms with Crippen LogP contribution in [0.4, 0.5) is 0 Å². The van der Waals surface area contributed by atoms with Gasteiger partial charge in [0.25, 0.3) is 0 Å². The van der Waals surface area contributed by atoms with Gasteiger partial charge in [0.1, 0.15) is 0 Å². The van der Waals surface area contributed by atoms with Crippen molar-refractivity contribution in [2.24, 2.45) is 0 Å². The van der Waals surface area contributed by atoms with Gasteiger partial charge in [0.2, 0.25) is 0 Å². The second-order valence-electron chi connectivity index (χ2n) is 3.96. The van der Waals surface area contributed by atoms with Crippen molar-refractivity contribution >= 4 is 11.1 Å².